The molecule has 14 heteroatoms. The van der Waals surface area contributed by atoms with Gasteiger partial charge in [0.1, 0.15) is 5.69 Å². The van der Waals surface area contributed by atoms with Crippen LogP contribution in [0.4, 0.5) is 0 Å². The van der Waals surface area contributed by atoms with Crippen LogP contribution in [0.25, 0.3) is 0 Å². The average Bonchev–Trinajstić information content (AvgIpc) is 4.01. The van der Waals surface area contributed by atoms with Gasteiger partial charge in [0.2, 0.25) is 0 Å². The molecule has 13 nitrogen and oxygen atoms in total. The number of carbonyl (C=O) groups excluding carboxylic acids is 4. The van der Waals surface area contributed by atoms with Crippen LogP contribution in [0.5, 0.6) is 0 Å². The lowest BCUT2D eigenvalue weighted by molar-refractivity contribution is 0.00797. The molecule has 4 amide bonds. The van der Waals surface area contributed by atoms with E-state index in [1.807, 2.05) is 62.1 Å². The smallest absolute Gasteiger partial charge is 0.273 e. The topological polar surface area (TPSA) is 125 Å². The summed E-state index contributed by atoms with van der Waals surface area (Å²) in [5, 5.41) is 8.90. The summed E-state index contributed by atoms with van der Waals surface area (Å²) in [6.07, 6.45) is 1.81. The second-order valence-electron chi connectivity index (χ2n) is 17.3. The van der Waals surface area contributed by atoms with Gasteiger partial charge in [0.15, 0.2) is 0 Å². The number of carbonyl (C=O) groups is 4. The molecule has 2 unspecified atom stereocenters. The second kappa shape index (κ2) is 16.8. The largest absolute Gasteiger partial charge is 0.336 e. The van der Waals surface area contributed by atoms with Crippen molar-refractivity contribution in [2.45, 2.75) is 43.4 Å². The standard InChI is InChI=1S/C46H53N9O4S/c56-43(52-16-12-50(13-17-52)38-27-55(28-38)45(58)40-7-2-1-6-39(40)35-10-11-47-23-35)32-5-3-4-31(20-32)41-22-36-21-33(8-9-34(36)24-48-41)44(57)54-25-37(26-54)51-14-18-53(19-15-51)46(59)42-29-60-30-49-42/h1-9,20-21,29-30,35,37-38,41,47-48H,10-19,22-28H2. The molecule has 7 heterocycles. The van der Waals surface area contributed by atoms with Crippen molar-refractivity contribution in [1.29, 1.82) is 0 Å². The van der Waals surface area contributed by atoms with Gasteiger partial charge in [0.25, 0.3) is 23.6 Å². The molecule has 0 spiro atoms. The summed E-state index contributed by atoms with van der Waals surface area (Å²) in [5.41, 5.74) is 9.09. The SMILES string of the molecule is O=C(c1cccc(C2Cc3cc(C(=O)N4CC(N5CCN(C(=O)c6cscn6)CC5)C4)ccc3CN2)c1)N1CCN(C2CN(C(=O)c3ccccc3C3CCNC3)C2)CC1. The molecule has 6 aliphatic rings. The van der Waals surface area contributed by atoms with E-state index in [9.17, 15) is 19.2 Å². The molecule has 0 aliphatic carbocycles. The Labute approximate surface area is 355 Å². The van der Waals surface area contributed by atoms with Crippen LogP contribution >= 0.6 is 11.3 Å². The van der Waals surface area contributed by atoms with Gasteiger partial charge in [-0.25, -0.2) is 4.98 Å². The van der Waals surface area contributed by atoms with Crippen molar-refractivity contribution in [3.8, 4) is 0 Å². The molecule has 0 bridgehead atoms. The molecule has 5 fully saturated rings. The summed E-state index contributed by atoms with van der Waals surface area (Å²) < 4.78 is 0. The number of hydrogen-bond donors (Lipinski definition) is 2. The zero-order chi connectivity index (χ0) is 40.7. The molecule has 1 aromatic heterocycles. The Morgan fingerprint density at radius 1 is 0.650 bits per heavy atom. The van der Waals surface area contributed by atoms with Crippen LogP contribution in [0.15, 0.2) is 77.6 Å². The molecule has 3 aromatic carbocycles. The Kier molecular flexibility index (Phi) is 11.0. The summed E-state index contributed by atoms with van der Waals surface area (Å²) in [7, 11) is 0. The van der Waals surface area contributed by atoms with Crippen molar-refractivity contribution in [2.75, 3.05) is 91.6 Å². The van der Waals surface area contributed by atoms with E-state index < -0.39 is 0 Å². The number of amides is 4. The van der Waals surface area contributed by atoms with Crippen LogP contribution in [0.3, 0.4) is 0 Å². The molecule has 60 heavy (non-hydrogen) atoms. The Bertz CT molecular complexity index is 2230. The zero-order valence-electron chi connectivity index (χ0n) is 34.0. The van der Waals surface area contributed by atoms with Gasteiger partial charge < -0.3 is 30.2 Å². The van der Waals surface area contributed by atoms with E-state index in [0.29, 0.717) is 75.1 Å². The summed E-state index contributed by atoms with van der Waals surface area (Å²) >= 11 is 1.44. The highest BCUT2D eigenvalue weighted by Gasteiger charge is 2.39. The van der Waals surface area contributed by atoms with Gasteiger partial charge in [-0.05, 0) is 77.9 Å². The van der Waals surface area contributed by atoms with Gasteiger partial charge in [-0.1, -0.05) is 36.4 Å². The molecule has 2 N–H and O–H groups in total. The fourth-order valence-corrected chi connectivity index (χ4v) is 10.6. The van der Waals surface area contributed by atoms with Crippen molar-refractivity contribution < 1.29 is 19.2 Å². The van der Waals surface area contributed by atoms with E-state index in [2.05, 4.69) is 49.7 Å². The maximum Gasteiger partial charge on any atom is 0.273 e. The van der Waals surface area contributed by atoms with E-state index in [1.54, 1.807) is 10.9 Å². The molecular weight excluding hydrogens is 775 g/mol. The maximum atomic E-state index is 13.8. The molecule has 4 aromatic rings. The average molecular weight is 828 g/mol. The lowest BCUT2D eigenvalue weighted by atomic mass is 9.89. The lowest BCUT2D eigenvalue weighted by Crippen LogP contribution is -2.64. The summed E-state index contributed by atoms with van der Waals surface area (Å²) in [6, 6.07) is 22.9. The van der Waals surface area contributed by atoms with E-state index in [1.165, 1.54) is 28.0 Å². The summed E-state index contributed by atoms with van der Waals surface area (Å²) in [4.78, 5) is 70.5. The summed E-state index contributed by atoms with van der Waals surface area (Å²) in [6.45, 7) is 11.4. The van der Waals surface area contributed by atoms with E-state index in [-0.39, 0.29) is 29.7 Å². The molecule has 0 saturated carbocycles. The van der Waals surface area contributed by atoms with Crippen molar-refractivity contribution >= 4 is 35.0 Å². The first kappa shape index (κ1) is 39.2. The van der Waals surface area contributed by atoms with Gasteiger partial charge in [0, 0.05) is 132 Å². The van der Waals surface area contributed by atoms with Gasteiger partial charge in [-0.3, -0.25) is 29.0 Å². The minimum atomic E-state index is -0.000108. The highest BCUT2D eigenvalue weighted by Crippen LogP contribution is 2.31. The predicted octanol–water partition coefficient (Wildman–Crippen LogP) is 3.17. The molecule has 2 atom stereocenters. The van der Waals surface area contributed by atoms with E-state index in [0.717, 1.165) is 81.9 Å². The number of nitrogens with zero attached hydrogens (tertiary/aromatic N) is 7. The van der Waals surface area contributed by atoms with Crippen LogP contribution in [0, 0.1) is 0 Å². The quantitative estimate of drug-likeness (QED) is 0.276. The van der Waals surface area contributed by atoms with Crippen LogP contribution < -0.4 is 10.6 Å². The highest BCUT2D eigenvalue weighted by atomic mass is 32.1. The Hall–Kier alpha value is -4.99. The normalized spacial score (nSPS) is 22.9. The number of piperazine rings is 2. The fourth-order valence-electron chi connectivity index (χ4n) is 10.0. The number of aromatic nitrogens is 1. The van der Waals surface area contributed by atoms with Gasteiger partial charge in [-0.15, -0.1) is 11.3 Å². The van der Waals surface area contributed by atoms with Crippen molar-refractivity contribution in [3.05, 3.63) is 122 Å². The number of hydrogen-bond acceptors (Lipinski definition) is 10. The molecular formula is C46H53N9O4S. The first-order valence-electron chi connectivity index (χ1n) is 21.6. The number of rotatable bonds is 8. The zero-order valence-corrected chi connectivity index (χ0v) is 34.8. The predicted molar refractivity (Wildman–Crippen MR) is 229 cm³/mol. The Morgan fingerprint density at radius 2 is 1.32 bits per heavy atom. The monoisotopic (exact) mass is 827 g/mol. The number of likely N-dealkylation sites (tertiary alicyclic amines) is 2. The van der Waals surface area contributed by atoms with Crippen LogP contribution in [-0.4, -0.2) is 162 Å². The summed E-state index contributed by atoms with van der Waals surface area (Å²) in [5.74, 6) is 0.659. The first-order valence-corrected chi connectivity index (χ1v) is 22.6. The van der Waals surface area contributed by atoms with Gasteiger partial charge >= 0.3 is 0 Å². The van der Waals surface area contributed by atoms with Crippen molar-refractivity contribution in [2.24, 2.45) is 0 Å². The lowest BCUT2D eigenvalue weighted by Gasteiger charge is -2.48. The first-order chi connectivity index (χ1) is 29.4. The molecule has 0 radical (unpaired) electrons. The van der Waals surface area contributed by atoms with Crippen molar-refractivity contribution in [1.82, 2.24) is 45.0 Å². The highest BCUT2D eigenvalue weighted by molar-refractivity contribution is 7.07. The third kappa shape index (κ3) is 7.75. The molecule has 5 saturated heterocycles. The molecule has 6 aliphatic heterocycles. The minimum absolute atomic E-state index is 0.000108. The molecule has 312 valence electrons. The maximum absolute atomic E-state index is 13.8. The third-order valence-corrected chi connectivity index (χ3v) is 14.4. The van der Waals surface area contributed by atoms with Gasteiger partial charge in [-0.2, -0.15) is 0 Å². The number of nitrogens with one attached hydrogen (secondary N) is 2. The number of benzene rings is 3. The van der Waals surface area contributed by atoms with Crippen molar-refractivity contribution in [3.63, 3.8) is 0 Å². The number of thiazole rings is 1. The number of fused-ring (bicyclic) bond motifs is 1. The van der Waals surface area contributed by atoms with Crippen LogP contribution in [-0.2, 0) is 13.0 Å². The molecule has 10 rings (SSSR count). The second-order valence-corrected chi connectivity index (χ2v) is 18.0. The Balaban J connectivity index is 0.695. The minimum Gasteiger partial charge on any atom is -0.336 e. The Morgan fingerprint density at radius 3 is 2.00 bits per heavy atom. The van der Waals surface area contributed by atoms with E-state index >= 15 is 0 Å². The van der Waals surface area contributed by atoms with Crippen LogP contribution in [0.2, 0.25) is 0 Å². The van der Waals surface area contributed by atoms with Crippen LogP contribution in [0.1, 0.15) is 82.2 Å². The van der Waals surface area contributed by atoms with E-state index in [4.69, 9.17) is 0 Å². The van der Waals surface area contributed by atoms with Gasteiger partial charge in [0.05, 0.1) is 5.51 Å². The third-order valence-electron chi connectivity index (χ3n) is 13.8. The fraction of sp³-hybridized carbons (Fsp3) is 0.457.